The summed E-state index contributed by atoms with van der Waals surface area (Å²) >= 11 is 0. The average Bonchev–Trinajstić information content (AvgIpc) is 2.49. The third kappa shape index (κ3) is 6.16. The molecule has 8 heteroatoms. The molecule has 0 saturated carbocycles. The molecule has 0 spiro atoms. The molecule has 0 saturated heterocycles. The molecular weight excluding hydrogens is 312 g/mol. The Balaban J connectivity index is 5.64. The van der Waals surface area contributed by atoms with E-state index < -0.39 is 23.3 Å². The molecule has 0 aliphatic heterocycles. The van der Waals surface area contributed by atoms with Gasteiger partial charge in [0.2, 0.25) is 0 Å². The fourth-order valence-electron chi connectivity index (χ4n) is 1.76. The fraction of sp³-hybridized carbons (Fsp3) is 0.875. The summed E-state index contributed by atoms with van der Waals surface area (Å²) < 4.78 is 11.2. The minimum Gasteiger partial charge on any atom is -0.365 e. The number of amides is 2. The SMILES string of the molecule is CCC(N=NC(CC)(OCC(C)C)C(N)=O)(OCC(C)C)C(N)=O. The Morgan fingerprint density at radius 2 is 1.12 bits per heavy atom. The summed E-state index contributed by atoms with van der Waals surface area (Å²) in [4.78, 5) is 23.8. The highest BCUT2D eigenvalue weighted by Crippen LogP contribution is 2.25. The smallest absolute Gasteiger partial charge is 0.274 e. The largest absolute Gasteiger partial charge is 0.365 e. The molecule has 24 heavy (non-hydrogen) atoms. The van der Waals surface area contributed by atoms with E-state index in [2.05, 4.69) is 10.2 Å². The van der Waals surface area contributed by atoms with Gasteiger partial charge >= 0.3 is 0 Å². The number of nitrogens with two attached hydrogens (primary N) is 2. The van der Waals surface area contributed by atoms with E-state index in [0.29, 0.717) is 0 Å². The normalized spacial score (nSPS) is 17.2. The molecule has 0 heterocycles. The van der Waals surface area contributed by atoms with Crippen molar-refractivity contribution in [3.05, 3.63) is 0 Å². The predicted molar refractivity (Wildman–Crippen MR) is 90.9 cm³/mol. The van der Waals surface area contributed by atoms with Crippen LogP contribution in [0.4, 0.5) is 0 Å². The van der Waals surface area contributed by atoms with Crippen LogP contribution in [0.2, 0.25) is 0 Å². The van der Waals surface area contributed by atoms with Gasteiger partial charge in [-0.3, -0.25) is 9.59 Å². The molecular formula is C16H32N4O4. The van der Waals surface area contributed by atoms with Gasteiger partial charge in [-0.1, -0.05) is 41.5 Å². The van der Waals surface area contributed by atoms with Crippen molar-refractivity contribution >= 4 is 11.8 Å². The van der Waals surface area contributed by atoms with Crippen LogP contribution in [0, 0.1) is 11.8 Å². The Labute approximate surface area is 144 Å². The van der Waals surface area contributed by atoms with Gasteiger partial charge in [0.15, 0.2) is 0 Å². The summed E-state index contributed by atoms with van der Waals surface area (Å²) in [5.41, 5.74) is 7.65. The number of azo groups is 1. The summed E-state index contributed by atoms with van der Waals surface area (Å²) in [7, 11) is 0. The molecule has 8 nitrogen and oxygen atoms in total. The van der Waals surface area contributed by atoms with Gasteiger partial charge in [0.1, 0.15) is 0 Å². The fourth-order valence-corrected chi connectivity index (χ4v) is 1.76. The molecule has 2 atom stereocenters. The van der Waals surface area contributed by atoms with Gasteiger partial charge in [-0.2, -0.15) is 0 Å². The number of nitrogens with zero attached hydrogens (tertiary/aromatic N) is 2. The van der Waals surface area contributed by atoms with E-state index in [9.17, 15) is 9.59 Å². The molecule has 140 valence electrons. The van der Waals surface area contributed by atoms with E-state index in [-0.39, 0.29) is 37.9 Å². The van der Waals surface area contributed by atoms with Crippen molar-refractivity contribution in [2.24, 2.45) is 33.5 Å². The van der Waals surface area contributed by atoms with Crippen molar-refractivity contribution in [3.8, 4) is 0 Å². The van der Waals surface area contributed by atoms with Crippen LogP contribution in [0.1, 0.15) is 54.4 Å². The summed E-state index contributed by atoms with van der Waals surface area (Å²) in [6.45, 7) is 11.7. The van der Waals surface area contributed by atoms with Crippen LogP contribution in [0.25, 0.3) is 0 Å². The van der Waals surface area contributed by atoms with Gasteiger partial charge < -0.3 is 20.9 Å². The molecule has 0 radical (unpaired) electrons. The van der Waals surface area contributed by atoms with Crippen LogP contribution in [0.5, 0.6) is 0 Å². The molecule has 0 aromatic heterocycles. The Morgan fingerprint density at radius 1 is 0.833 bits per heavy atom. The maximum atomic E-state index is 11.9. The van der Waals surface area contributed by atoms with E-state index in [1.807, 2.05) is 27.7 Å². The first-order chi connectivity index (χ1) is 11.0. The van der Waals surface area contributed by atoms with E-state index in [4.69, 9.17) is 20.9 Å². The van der Waals surface area contributed by atoms with Crippen LogP contribution in [0.15, 0.2) is 10.2 Å². The highest BCUT2D eigenvalue weighted by atomic mass is 16.5. The van der Waals surface area contributed by atoms with Gasteiger partial charge in [0, 0.05) is 12.8 Å². The average molecular weight is 344 g/mol. The van der Waals surface area contributed by atoms with Gasteiger partial charge in [0.25, 0.3) is 23.3 Å². The monoisotopic (exact) mass is 344 g/mol. The third-order valence-electron chi connectivity index (χ3n) is 3.41. The highest BCUT2D eigenvalue weighted by Gasteiger charge is 2.41. The molecule has 0 aromatic rings. The number of ether oxygens (including phenoxy) is 2. The summed E-state index contributed by atoms with van der Waals surface area (Å²) in [5.74, 6) is -1.19. The lowest BCUT2D eigenvalue weighted by Gasteiger charge is -2.29. The zero-order valence-electron chi connectivity index (χ0n) is 15.7. The second-order valence-electron chi connectivity index (χ2n) is 6.61. The molecule has 0 bridgehead atoms. The Hall–Kier alpha value is -1.54. The van der Waals surface area contributed by atoms with Crippen molar-refractivity contribution in [1.29, 1.82) is 0 Å². The third-order valence-corrected chi connectivity index (χ3v) is 3.41. The number of carbonyl (C=O) groups is 2. The Bertz CT molecular complexity index is 413. The molecule has 4 N–H and O–H groups in total. The van der Waals surface area contributed by atoms with Crippen LogP contribution in [0.3, 0.4) is 0 Å². The van der Waals surface area contributed by atoms with Crippen molar-refractivity contribution in [2.45, 2.75) is 65.8 Å². The van der Waals surface area contributed by atoms with E-state index in [1.54, 1.807) is 13.8 Å². The Morgan fingerprint density at radius 3 is 1.29 bits per heavy atom. The van der Waals surface area contributed by atoms with Crippen LogP contribution < -0.4 is 11.5 Å². The van der Waals surface area contributed by atoms with Crippen LogP contribution >= 0.6 is 0 Å². The molecule has 0 aromatic carbocycles. The van der Waals surface area contributed by atoms with Gasteiger partial charge in [-0.25, -0.2) is 0 Å². The highest BCUT2D eigenvalue weighted by molar-refractivity contribution is 5.84. The second-order valence-corrected chi connectivity index (χ2v) is 6.61. The first-order valence-electron chi connectivity index (χ1n) is 8.37. The lowest BCUT2D eigenvalue weighted by molar-refractivity contribution is -0.153. The zero-order chi connectivity index (χ0) is 19.0. The lowest BCUT2D eigenvalue weighted by atomic mass is 10.1. The molecule has 2 amide bonds. The summed E-state index contributed by atoms with van der Waals surface area (Å²) in [6.07, 6.45) is 0.364. The van der Waals surface area contributed by atoms with E-state index in [1.165, 1.54) is 0 Å². The summed E-state index contributed by atoms with van der Waals surface area (Å²) in [5, 5.41) is 7.98. The quantitative estimate of drug-likeness (QED) is 0.524. The minimum absolute atomic E-state index is 0.176. The Kier molecular flexibility index (Phi) is 9.06. The van der Waals surface area contributed by atoms with Gasteiger partial charge in [0.05, 0.1) is 13.2 Å². The van der Waals surface area contributed by atoms with Gasteiger partial charge in [-0.15, -0.1) is 10.2 Å². The number of primary amides is 2. The number of rotatable bonds is 12. The topological polar surface area (TPSA) is 129 Å². The standard InChI is InChI=1S/C16H32N4O4/c1-7-15(13(17)21,23-9-11(3)4)19-20-16(8-2,14(18)22)24-10-12(5)6/h11-12H,7-10H2,1-6H3,(H2,17,21)(H2,18,22). The van der Waals surface area contributed by atoms with Crippen molar-refractivity contribution in [1.82, 2.24) is 0 Å². The molecule has 0 rings (SSSR count). The van der Waals surface area contributed by atoms with Crippen molar-refractivity contribution < 1.29 is 19.1 Å². The maximum absolute atomic E-state index is 11.9. The number of carbonyl (C=O) groups excluding carboxylic acids is 2. The van der Waals surface area contributed by atoms with Crippen molar-refractivity contribution in [3.63, 3.8) is 0 Å². The molecule has 0 aliphatic carbocycles. The first-order valence-corrected chi connectivity index (χ1v) is 8.37. The zero-order valence-corrected chi connectivity index (χ0v) is 15.7. The van der Waals surface area contributed by atoms with Gasteiger partial charge in [-0.05, 0) is 11.8 Å². The number of hydrogen-bond acceptors (Lipinski definition) is 6. The predicted octanol–water partition coefficient (Wildman–Crippen LogP) is 1.97. The van der Waals surface area contributed by atoms with E-state index in [0.717, 1.165) is 0 Å². The van der Waals surface area contributed by atoms with E-state index >= 15 is 0 Å². The molecule has 0 fully saturated rings. The molecule has 2 unspecified atom stereocenters. The van der Waals surface area contributed by atoms with Crippen LogP contribution in [-0.4, -0.2) is 36.5 Å². The lowest BCUT2D eigenvalue weighted by Crippen LogP contribution is -2.48. The molecule has 0 aliphatic rings. The first kappa shape index (κ1) is 22.5. The maximum Gasteiger partial charge on any atom is 0.274 e. The van der Waals surface area contributed by atoms with Crippen LogP contribution in [-0.2, 0) is 19.1 Å². The van der Waals surface area contributed by atoms with Crippen molar-refractivity contribution in [2.75, 3.05) is 13.2 Å². The second kappa shape index (κ2) is 9.68. The summed E-state index contributed by atoms with van der Waals surface area (Å²) in [6, 6.07) is 0. The number of hydrogen-bond donors (Lipinski definition) is 2. The minimum atomic E-state index is -1.64.